The lowest BCUT2D eigenvalue weighted by atomic mass is 9.95. The van der Waals surface area contributed by atoms with Gasteiger partial charge in [-0.05, 0) is 44.9 Å². The summed E-state index contributed by atoms with van der Waals surface area (Å²) in [5.41, 5.74) is 5.05. The van der Waals surface area contributed by atoms with E-state index < -0.39 is 0 Å². The normalized spacial score (nSPS) is 14.2. The number of benzene rings is 2. The molecule has 1 fully saturated rings. The minimum Gasteiger partial charge on any atom is -0.338 e. The zero-order chi connectivity index (χ0) is 24.4. The number of nitrogens with zero attached hydrogens (tertiary/aromatic N) is 4. The monoisotopic (exact) mass is 485 g/mol. The third-order valence-corrected chi connectivity index (χ3v) is 7.13. The Morgan fingerprint density at radius 2 is 1.80 bits per heavy atom. The molecule has 1 N–H and O–H groups in total. The summed E-state index contributed by atoms with van der Waals surface area (Å²) in [6, 6.07) is 17.8. The van der Waals surface area contributed by atoms with Gasteiger partial charge in [-0.25, -0.2) is 9.67 Å². The van der Waals surface area contributed by atoms with Crippen LogP contribution in [0.15, 0.2) is 66.2 Å². The quantitative estimate of drug-likeness (QED) is 0.426. The molecular weight excluding hydrogens is 458 g/mol. The van der Waals surface area contributed by atoms with Crippen molar-refractivity contribution < 1.29 is 9.59 Å². The molecule has 7 nitrogen and oxygen atoms in total. The number of amides is 2. The van der Waals surface area contributed by atoms with Gasteiger partial charge in [-0.3, -0.25) is 9.59 Å². The van der Waals surface area contributed by atoms with Crippen LogP contribution in [0.5, 0.6) is 0 Å². The summed E-state index contributed by atoms with van der Waals surface area (Å²) in [6.45, 7) is 4.98. The van der Waals surface area contributed by atoms with Crippen molar-refractivity contribution in [3.63, 3.8) is 0 Å². The predicted molar refractivity (Wildman–Crippen MR) is 138 cm³/mol. The first-order valence-corrected chi connectivity index (χ1v) is 12.6. The van der Waals surface area contributed by atoms with Crippen LogP contribution in [0.25, 0.3) is 16.9 Å². The number of anilines is 1. The zero-order valence-corrected chi connectivity index (χ0v) is 20.6. The molecule has 178 valence electrons. The van der Waals surface area contributed by atoms with Crippen molar-refractivity contribution in [2.24, 2.45) is 5.92 Å². The largest absolute Gasteiger partial charge is 0.338 e. The highest BCUT2D eigenvalue weighted by Gasteiger charge is 2.30. The molecule has 1 saturated heterocycles. The molecule has 2 aromatic heterocycles. The summed E-state index contributed by atoms with van der Waals surface area (Å²) < 4.78 is 1.76. The number of rotatable bonds is 5. The maximum atomic E-state index is 13.7. The highest BCUT2D eigenvalue weighted by atomic mass is 32.1. The van der Waals surface area contributed by atoms with Gasteiger partial charge in [-0.2, -0.15) is 5.10 Å². The SMILES string of the molecule is Cc1cccc(-c2nn(-c3ccccc3)cc2C(=O)N2CCC(C(=O)Nc3nc(C)cs3)CC2)c1. The van der Waals surface area contributed by atoms with Crippen LogP contribution in [-0.2, 0) is 4.79 Å². The van der Waals surface area contributed by atoms with E-state index in [0.29, 0.717) is 42.3 Å². The molecular formula is C27H27N5O2S. The standard InChI is InChI=1S/C27H27N5O2S/c1-18-7-6-8-21(15-18)24-23(16-32(30-24)22-9-4-3-5-10-22)26(34)31-13-11-20(12-14-31)25(33)29-27-28-19(2)17-35-27/h3-10,15-17,20H,11-14H2,1-2H3,(H,28,29,33). The van der Waals surface area contributed by atoms with Crippen molar-refractivity contribution in [2.45, 2.75) is 26.7 Å². The number of nitrogens with one attached hydrogen (secondary N) is 1. The van der Waals surface area contributed by atoms with Gasteiger partial charge in [0.2, 0.25) is 5.91 Å². The van der Waals surface area contributed by atoms with Crippen LogP contribution in [0.1, 0.15) is 34.5 Å². The number of carbonyl (C=O) groups is 2. The van der Waals surface area contributed by atoms with Crippen LogP contribution >= 0.6 is 11.3 Å². The number of hydrogen-bond donors (Lipinski definition) is 1. The molecule has 0 atom stereocenters. The van der Waals surface area contributed by atoms with Crippen LogP contribution in [0, 0.1) is 19.8 Å². The smallest absolute Gasteiger partial charge is 0.257 e. The first-order chi connectivity index (χ1) is 17.0. The van der Waals surface area contributed by atoms with Gasteiger partial charge in [-0.1, -0.05) is 42.0 Å². The number of piperidine rings is 1. The summed E-state index contributed by atoms with van der Waals surface area (Å²) in [6.07, 6.45) is 3.06. The van der Waals surface area contributed by atoms with Crippen molar-refractivity contribution >= 4 is 28.3 Å². The molecule has 0 unspecified atom stereocenters. The maximum Gasteiger partial charge on any atom is 0.257 e. The van der Waals surface area contributed by atoms with Gasteiger partial charge in [0.05, 0.1) is 16.9 Å². The fourth-order valence-corrected chi connectivity index (χ4v) is 5.07. The Morgan fingerprint density at radius 1 is 1.03 bits per heavy atom. The Labute approximate surface area is 208 Å². The van der Waals surface area contributed by atoms with Gasteiger partial charge >= 0.3 is 0 Å². The lowest BCUT2D eigenvalue weighted by Gasteiger charge is -2.31. The molecule has 35 heavy (non-hydrogen) atoms. The van der Waals surface area contributed by atoms with Crippen molar-refractivity contribution in [1.82, 2.24) is 19.7 Å². The van der Waals surface area contributed by atoms with Crippen molar-refractivity contribution in [3.05, 3.63) is 83.0 Å². The number of aryl methyl sites for hydroxylation is 2. The Hall–Kier alpha value is -3.78. The van der Waals surface area contributed by atoms with Crippen LogP contribution in [0.2, 0.25) is 0 Å². The van der Waals surface area contributed by atoms with Gasteiger partial charge < -0.3 is 10.2 Å². The number of aromatic nitrogens is 3. The third kappa shape index (κ3) is 5.02. The molecule has 0 bridgehead atoms. The average molecular weight is 486 g/mol. The summed E-state index contributed by atoms with van der Waals surface area (Å²) >= 11 is 1.43. The third-order valence-electron chi connectivity index (χ3n) is 6.26. The van der Waals surface area contributed by atoms with E-state index in [0.717, 1.165) is 22.5 Å². The Kier molecular flexibility index (Phi) is 6.46. The van der Waals surface area contributed by atoms with E-state index in [-0.39, 0.29) is 17.7 Å². The second-order valence-electron chi connectivity index (χ2n) is 8.89. The first kappa shape index (κ1) is 23.0. The summed E-state index contributed by atoms with van der Waals surface area (Å²) in [4.78, 5) is 32.5. The fraction of sp³-hybridized carbons (Fsp3) is 0.259. The van der Waals surface area contributed by atoms with Crippen LogP contribution < -0.4 is 5.32 Å². The van der Waals surface area contributed by atoms with Gasteiger partial charge in [0.25, 0.3) is 5.91 Å². The molecule has 0 radical (unpaired) electrons. The average Bonchev–Trinajstić information content (AvgIpc) is 3.51. The van der Waals surface area contributed by atoms with Gasteiger partial charge in [-0.15, -0.1) is 11.3 Å². The maximum absolute atomic E-state index is 13.7. The molecule has 1 aliphatic heterocycles. The zero-order valence-electron chi connectivity index (χ0n) is 19.8. The van der Waals surface area contributed by atoms with E-state index in [4.69, 9.17) is 5.10 Å². The van der Waals surface area contributed by atoms with E-state index in [1.807, 2.05) is 84.9 Å². The highest BCUT2D eigenvalue weighted by Crippen LogP contribution is 2.28. The van der Waals surface area contributed by atoms with E-state index >= 15 is 0 Å². The van der Waals surface area contributed by atoms with E-state index in [1.165, 1.54) is 11.3 Å². The Balaban J connectivity index is 1.35. The molecule has 1 aliphatic rings. The molecule has 0 aliphatic carbocycles. The lowest BCUT2D eigenvalue weighted by Crippen LogP contribution is -2.41. The Bertz CT molecular complexity index is 1350. The molecule has 8 heteroatoms. The molecule has 5 rings (SSSR count). The lowest BCUT2D eigenvalue weighted by molar-refractivity contribution is -0.121. The fourth-order valence-electron chi connectivity index (χ4n) is 4.38. The van der Waals surface area contributed by atoms with Gasteiger partial charge in [0.15, 0.2) is 5.13 Å². The minimum atomic E-state index is -0.133. The number of thiazole rings is 1. The molecule has 0 saturated carbocycles. The molecule has 2 amide bonds. The first-order valence-electron chi connectivity index (χ1n) is 11.7. The molecule has 0 spiro atoms. The highest BCUT2D eigenvalue weighted by molar-refractivity contribution is 7.13. The predicted octanol–water partition coefficient (Wildman–Crippen LogP) is 5.10. The van der Waals surface area contributed by atoms with Crippen LogP contribution in [-0.4, -0.2) is 44.6 Å². The van der Waals surface area contributed by atoms with Gasteiger partial charge in [0, 0.05) is 36.1 Å². The second-order valence-corrected chi connectivity index (χ2v) is 9.75. The molecule has 4 aromatic rings. The van der Waals surface area contributed by atoms with E-state index in [2.05, 4.69) is 10.3 Å². The van der Waals surface area contributed by atoms with Gasteiger partial charge in [0.1, 0.15) is 5.69 Å². The number of carbonyl (C=O) groups excluding carboxylic acids is 2. The van der Waals surface area contributed by atoms with Crippen molar-refractivity contribution in [2.75, 3.05) is 18.4 Å². The van der Waals surface area contributed by atoms with Crippen LogP contribution in [0.4, 0.5) is 5.13 Å². The summed E-state index contributed by atoms with van der Waals surface area (Å²) in [5.74, 6) is -0.214. The number of likely N-dealkylation sites (tertiary alicyclic amines) is 1. The Morgan fingerprint density at radius 3 is 2.49 bits per heavy atom. The van der Waals surface area contributed by atoms with E-state index in [1.54, 1.807) is 4.68 Å². The second kappa shape index (κ2) is 9.84. The number of para-hydroxylation sites is 1. The van der Waals surface area contributed by atoms with Crippen molar-refractivity contribution in [1.29, 1.82) is 0 Å². The number of hydrogen-bond acceptors (Lipinski definition) is 5. The van der Waals surface area contributed by atoms with Crippen LogP contribution in [0.3, 0.4) is 0 Å². The minimum absolute atomic E-state index is 0.0243. The molecule has 2 aromatic carbocycles. The van der Waals surface area contributed by atoms with Crippen molar-refractivity contribution in [3.8, 4) is 16.9 Å². The molecule has 3 heterocycles. The summed E-state index contributed by atoms with van der Waals surface area (Å²) in [5, 5.41) is 10.3. The summed E-state index contributed by atoms with van der Waals surface area (Å²) in [7, 11) is 0. The van der Waals surface area contributed by atoms with E-state index in [9.17, 15) is 9.59 Å². The topological polar surface area (TPSA) is 80.1 Å².